The summed E-state index contributed by atoms with van der Waals surface area (Å²) in [5.74, 6) is -0.382. The van der Waals surface area contributed by atoms with Crippen molar-refractivity contribution < 1.29 is 9.90 Å². The highest BCUT2D eigenvalue weighted by Crippen LogP contribution is 2.25. The van der Waals surface area contributed by atoms with Crippen molar-refractivity contribution in [1.82, 2.24) is 9.88 Å². The molecule has 0 radical (unpaired) electrons. The molecule has 0 bridgehead atoms. The summed E-state index contributed by atoms with van der Waals surface area (Å²) in [6.07, 6.45) is 5.11. The van der Waals surface area contributed by atoms with Crippen molar-refractivity contribution in [2.24, 2.45) is 0 Å². The quantitative estimate of drug-likeness (QED) is 0.842. The van der Waals surface area contributed by atoms with Gasteiger partial charge in [-0.2, -0.15) is 0 Å². The van der Waals surface area contributed by atoms with E-state index in [4.69, 9.17) is 0 Å². The predicted octanol–water partition coefficient (Wildman–Crippen LogP) is 2.41. The van der Waals surface area contributed by atoms with E-state index >= 15 is 0 Å². The van der Waals surface area contributed by atoms with Crippen molar-refractivity contribution in [3.8, 4) is 0 Å². The minimum absolute atomic E-state index is 0.194. The summed E-state index contributed by atoms with van der Waals surface area (Å²) in [6.45, 7) is 3.03. The molecule has 0 fully saturated rings. The number of nitrogens with zero attached hydrogens (tertiary/aromatic N) is 2. The van der Waals surface area contributed by atoms with Crippen LogP contribution in [0.3, 0.4) is 0 Å². The first kappa shape index (κ1) is 15.8. The summed E-state index contributed by atoms with van der Waals surface area (Å²) in [5.41, 5.74) is 2.46. The maximum atomic E-state index is 11.5. The fourth-order valence-corrected chi connectivity index (χ4v) is 2.66. The van der Waals surface area contributed by atoms with Gasteiger partial charge in [0.2, 0.25) is 0 Å². The molecule has 1 aliphatic carbocycles. The zero-order chi connectivity index (χ0) is 15.4. The number of carbonyl (C=O) groups is 1. The van der Waals surface area contributed by atoms with Gasteiger partial charge in [-0.1, -0.05) is 0 Å². The summed E-state index contributed by atoms with van der Waals surface area (Å²) in [6, 6.07) is 2.00. The molecule has 5 nitrogen and oxygen atoms in total. The smallest absolute Gasteiger partial charge is 0.339 e. The average Bonchev–Trinajstić information content (AvgIpc) is 2.44. The number of carboxylic acids is 1. The van der Waals surface area contributed by atoms with Crippen LogP contribution in [0.4, 0.5) is 5.82 Å². The van der Waals surface area contributed by atoms with Crippen LogP contribution >= 0.6 is 0 Å². The second-order valence-electron chi connectivity index (χ2n) is 6.14. The fourth-order valence-electron chi connectivity index (χ4n) is 2.66. The van der Waals surface area contributed by atoms with Gasteiger partial charge in [0.25, 0.3) is 0 Å². The minimum atomic E-state index is -0.904. The normalized spacial score (nSPS) is 15.6. The highest BCUT2D eigenvalue weighted by Gasteiger charge is 2.19. The van der Waals surface area contributed by atoms with Gasteiger partial charge in [-0.15, -0.1) is 0 Å². The molecule has 0 saturated carbocycles. The second-order valence-corrected chi connectivity index (χ2v) is 6.14. The van der Waals surface area contributed by atoms with E-state index < -0.39 is 5.97 Å². The molecule has 0 spiro atoms. The van der Waals surface area contributed by atoms with E-state index in [-0.39, 0.29) is 6.04 Å². The summed E-state index contributed by atoms with van der Waals surface area (Å²) in [7, 11) is 4.07. The van der Waals surface area contributed by atoms with Gasteiger partial charge in [0.05, 0.1) is 0 Å². The molecule has 0 saturated heterocycles. The van der Waals surface area contributed by atoms with Crippen LogP contribution < -0.4 is 5.32 Å². The molecule has 2 N–H and O–H groups in total. The number of pyridine rings is 1. The van der Waals surface area contributed by atoms with E-state index in [1.54, 1.807) is 0 Å². The third-order valence-corrected chi connectivity index (χ3v) is 3.92. The van der Waals surface area contributed by atoms with Gasteiger partial charge in [-0.25, -0.2) is 9.78 Å². The lowest BCUT2D eigenvalue weighted by atomic mass is 9.94. The number of hydrogen-bond acceptors (Lipinski definition) is 4. The van der Waals surface area contributed by atoms with E-state index in [9.17, 15) is 9.90 Å². The minimum Gasteiger partial charge on any atom is -0.478 e. The van der Waals surface area contributed by atoms with Gasteiger partial charge in [0.15, 0.2) is 0 Å². The first-order chi connectivity index (χ1) is 9.97. The first-order valence-corrected chi connectivity index (χ1v) is 7.64. The zero-order valence-electron chi connectivity index (χ0n) is 13.1. The van der Waals surface area contributed by atoms with Crippen LogP contribution in [0.25, 0.3) is 0 Å². The van der Waals surface area contributed by atoms with Crippen LogP contribution in [0.2, 0.25) is 0 Å². The Morgan fingerprint density at radius 3 is 2.81 bits per heavy atom. The Morgan fingerprint density at radius 1 is 1.43 bits per heavy atom. The molecule has 116 valence electrons. The largest absolute Gasteiger partial charge is 0.478 e. The van der Waals surface area contributed by atoms with Crippen molar-refractivity contribution in [2.45, 2.75) is 45.1 Å². The van der Waals surface area contributed by atoms with Crippen LogP contribution in [-0.2, 0) is 12.8 Å². The number of aryl methyl sites for hydroxylation is 2. The molecule has 1 aromatic rings. The highest BCUT2D eigenvalue weighted by atomic mass is 16.4. The lowest BCUT2D eigenvalue weighted by Gasteiger charge is -2.21. The molecule has 21 heavy (non-hydrogen) atoms. The van der Waals surface area contributed by atoms with Gasteiger partial charge in [-0.05, 0) is 71.3 Å². The molecule has 1 aromatic heterocycles. The zero-order valence-corrected chi connectivity index (χ0v) is 13.1. The Morgan fingerprint density at radius 2 is 2.14 bits per heavy atom. The molecular weight excluding hydrogens is 266 g/mol. The van der Waals surface area contributed by atoms with E-state index in [0.29, 0.717) is 11.4 Å². The molecule has 0 aliphatic heterocycles. The molecule has 0 amide bonds. The number of carboxylic acid groups (broad SMARTS) is 1. The lowest BCUT2D eigenvalue weighted by Crippen LogP contribution is -2.25. The molecule has 2 rings (SSSR count). The average molecular weight is 291 g/mol. The van der Waals surface area contributed by atoms with Crippen LogP contribution in [0.15, 0.2) is 6.07 Å². The number of aromatic nitrogens is 1. The van der Waals surface area contributed by atoms with Crippen LogP contribution in [0.5, 0.6) is 0 Å². The van der Waals surface area contributed by atoms with Crippen LogP contribution in [0, 0.1) is 0 Å². The topological polar surface area (TPSA) is 65.5 Å². The number of hydrogen-bond donors (Lipinski definition) is 2. The Balaban J connectivity index is 2.18. The number of nitrogens with one attached hydrogen (secondary N) is 1. The van der Waals surface area contributed by atoms with E-state index in [2.05, 4.69) is 22.1 Å². The van der Waals surface area contributed by atoms with Crippen molar-refractivity contribution in [3.63, 3.8) is 0 Å². The summed E-state index contributed by atoms with van der Waals surface area (Å²) >= 11 is 0. The third kappa shape index (κ3) is 4.17. The molecule has 1 aliphatic rings. The summed E-state index contributed by atoms with van der Waals surface area (Å²) < 4.78 is 0. The Bertz CT molecular complexity index is 514. The molecule has 1 unspecified atom stereocenters. The van der Waals surface area contributed by atoms with E-state index in [1.165, 1.54) is 0 Å². The SMILES string of the molecule is CC(CCN(C)C)Nc1nc2c(cc1C(=O)O)CCCC2. The van der Waals surface area contributed by atoms with Gasteiger partial charge in [0, 0.05) is 11.7 Å². The molecule has 5 heteroatoms. The summed E-state index contributed by atoms with van der Waals surface area (Å²) in [4.78, 5) is 18.2. The molecule has 1 atom stereocenters. The van der Waals surface area contributed by atoms with Crippen molar-refractivity contribution in [1.29, 1.82) is 0 Å². The Labute approximate surface area is 126 Å². The maximum absolute atomic E-state index is 11.5. The maximum Gasteiger partial charge on any atom is 0.339 e. The Kier molecular flexibility index (Phi) is 5.17. The van der Waals surface area contributed by atoms with Gasteiger partial charge < -0.3 is 15.3 Å². The third-order valence-electron chi connectivity index (χ3n) is 3.92. The van der Waals surface area contributed by atoms with Crippen molar-refractivity contribution in [3.05, 3.63) is 22.9 Å². The van der Waals surface area contributed by atoms with Gasteiger partial charge >= 0.3 is 5.97 Å². The predicted molar refractivity (Wildman–Crippen MR) is 84.1 cm³/mol. The number of rotatable bonds is 6. The molecule has 1 heterocycles. The van der Waals surface area contributed by atoms with Crippen molar-refractivity contribution >= 4 is 11.8 Å². The molecular formula is C16H25N3O2. The monoisotopic (exact) mass is 291 g/mol. The standard InChI is InChI=1S/C16H25N3O2/c1-11(8-9-19(2)3)17-15-13(16(20)21)10-12-6-4-5-7-14(12)18-15/h10-11H,4-9H2,1-3H3,(H,17,18)(H,20,21). The van der Waals surface area contributed by atoms with Crippen LogP contribution in [0.1, 0.15) is 47.8 Å². The molecule has 0 aromatic carbocycles. The first-order valence-electron chi connectivity index (χ1n) is 7.64. The second kappa shape index (κ2) is 6.89. The van der Waals surface area contributed by atoms with Gasteiger partial charge in [0.1, 0.15) is 11.4 Å². The van der Waals surface area contributed by atoms with Crippen LogP contribution in [-0.4, -0.2) is 47.6 Å². The Hall–Kier alpha value is -1.62. The number of fused-ring (bicyclic) bond motifs is 1. The van der Waals surface area contributed by atoms with Gasteiger partial charge in [-0.3, -0.25) is 0 Å². The summed E-state index contributed by atoms with van der Waals surface area (Å²) in [5, 5.41) is 12.7. The van der Waals surface area contributed by atoms with Crippen molar-refractivity contribution in [2.75, 3.05) is 26.0 Å². The lowest BCUT2D eigenvalue weighted by molar-refractivity contribution is 0.0697. The van der Waals surface area contributed by atoms with E-state index in [0.717, 1.165) is 49.9 Å². The fraction of sp³-hybridized carbons (Fsp3) is 0.625. The number of aromatic carboxylic acids is 1. The highest BCUT2D eigenvalue weighted by molar-refractivity contribution is 5.93. The number of anilines is 1. The van der Waals surface area contributed by atoms with E-state index in [1.807, 2.05) is 20.2 Å².